The largest absolute Gasteiger partial charge is 0.444 e. The third-order valence-electron chi connectivity index (χ3n) is 10.2. The molecule has 288 valence electrons. The number of halogens is 2. The Morgan fingerprint density at radius 2 is 1.66 bits per heavy atom. The zero-order valence-corrected chi connectivity index (χ0v) is 33.0. The molecule has 9 nitrogen and oxygen atoms in total. The summed E-state index contributed by atoms with van der Waals surface area (Å²) in [5.41, 5.74) is 0.147. The third kappa shape index (κ3) is 9.98. The van der Waals surface area contributed by atoms with Gasteiger partial charge in [0.15, 0.2) is 0 Å². The second-order valence-corrected chi connectivity index (χ2v) is 17.3. The van der Waals surface area contributed by atoms with Crippen molar-refractivity contribution in [2.75, 3.05) is 31.6 Å². The van der Waals surface area contributed by atoms with Gasteiger partial charge in [-0.1, -0.05) is 61.8 Å². The van der Waals surface area contributed by atoms with Gasteiger partial charge in [0, 0.05) is 55.0 Å². The lowest BCUT2D eigenvalue weighted by Gasteiger charge is -2.46. The van der Waals surface area contributed by atoms with Gasteiger partial charge < -0.3 is 19.7 Å². The molecule has 1 unspecified atom stereocenters. The van der Waals surface area contributed by atoms with Gasteiger partial charge in [-0.05, 0) is 113 Å². The first kappa shape index (κ1) is 40.7. The Balaban J connectivity index is 0.00000266. The lowest BCUT2D eigenvalue weighted by molar-refractivity contribution is -0.117. The van der Waals surface area contributed by atoms with Crippen molar-refractivity contribution in [3.05, 3.63) is 94.8 Å². The highest BCUT2D eigenvalue weighted by molar-refractivity contribution is 7.89. The third-order valence-corrected chi connectivity index (χ3v) is 12.5. The van der Waals surface area contributed by atoms with Crippen LogP contribution in [-0.4, -0.2) is 73.1 Å². The predicted molar refractivity (Wildman–Crippen MR) is 206 cm³/mol. The molecule has 1 spiro atoms. The minimum atomic E-state index is -3.96. The van der Waals surface area contributed by atoms with Crippen molar-refractivity contribution in [2.45, 2.75) is 108 Å². The maximum absolute atomic E-state index is 15.7. The van der Waals surface area contributed by atoms with Crippen LogP contribution in [0.15, 0.2) is 77.7 Å². The smallest absolute Gasteiger partial charge is 0.410 e. The molecular weight excluding hydrogens is 717 g/mol. The topological polar surface area (TPSA) is 105 Å². The molecule has 0 bridgehead atoms. The molecule has 0 radical (unpaired) electrons. The zero-order valence-electron chi connectivity index (χ0n) is 31.4. The fourth-order valence-electron chi connectivity index (χ4n) is 7.59. The standard InChI is InChI=1S/C39H47ClFN3O6S.C2H6/c1-38(2,3)50-37(46)43-25-30(44(39(26-43)20-21-39)51(47,48)31-8-5-4-6-9-31)16-17-32-34(41)10-7-11-35(32)42-36(45)24-33(28-18-22-49-23-19-28)27-12-14-29(40)15-13-27;1-2/h4-15,28,30,33H,16-26H2,1-3H3,(H,42,45);1-2H3/t30-,33?;/m0./s1. The van der Waals surface area contributed by atoms with Crippen LogP contribution in [0.3, 0.4) is 0 Å². The van der Waals surface area contributed by atoms with E-state index in [1.54, 1.807) is 72.4 Å². The Morgan fingerprint density at radius 3 is 2.28 bits per heavy atom. The van der Waals surface area contributed by atoms with E-state index in [0.717, 1.165) is 18.4 Å². The highest BCUT2D eigenvalue weighted by Crippen LogP contribution is 2.49. The number of carbonyl (C=O) groups excluding carboxylic acids is 2. The van der Waals surface area contributed by atoms with Crippen LogP contribution >= 0.6 is 11.6 Å². The average Bonchev–Trinajstić information content (AvgIpc) is 3.89. The fourth-order valence-corrected chi connectivity index (χ4v) is 9.76. The number of ether oxygens (including phenoxy) is 2. The maximum Gasteiger partial charge on any atom is 0.410 e. The van der Waals surface area contributed by atoms with Crippen molar-refractivity contribution in [1.82, 2.24) is 9.21 Å². The summed E-state index contributed by atoms with van der Waals surface area (Å²) in [6, 6.07) is 19.8. The van der Waals surface area contributed by atoms with Crippen molar-refractivity contribution in [3.8, 4) is 0 Å². The number of anilines is 1. The molecule has 3 aliphatic rings. The van der Waals surface area contributed by atoms with E-state index in [4.69, 9.17) is 21.1 Å². The number of nitrogens with one attached hydrogen (secondary N) is 1. The van der Waals surface area contributed by atoms with E-state index in [1.165, 1.54) is 6.07 Å². The first-order valence-electron chi connectivity index (χ1n) is 18.7. The van der Waals surface area contributed by atoms with Crippen LogP contribution in [0.1, 0.15) is 90.2 Å². The molecule has 2 saturated heterocycles. The molecule has 2 aliphatic heterocycles. The van der Waals surface area contributed by atoms with Crippen molar-refractivity contribution in [2.24, 2.45) is 5.92 Å². The van der Waals surface area contributed by atoms with E-state index in [9.17, 15) is 18.0 Å². The molecule has 6 rings (SSSR count). The normalized spacial score (nSPS) is 19.5. The number of nitrogens with zero attached hydrogens (tertiary/aromatic N) is 2. The molecule has 2 heterocycles. The number of hydrogen-bond acceptors (Lipinski definition) is 6. The first-order valence-corrected chi connectivity index (χ1v) is 20.6. The molecule has 0 aromatic heterocycles. The van der Waals surface area contributed by atoms with E-state index in [1.807, 2.05) is 38.1 Å². The molecule has 1 saturated carbocycles. The average molecular weight is 770 g/mol. The molecule has 3 aromatic carbocycles. The summed E-state index contributed by atoms with van der Waals surface area (Å²) in [5, 5.41) is 3.60. The van der Waals surface area contributed by atoms with E-state index in [0.29, 0.717) is 36.8 Å². The van der Waals surface area contributed by atoms with Gasteiger partial charge in [-0.25, -0.2) is 17.6 Å². The van der Waals surface area contributed by atoms with Gasteiger partial charge in [-0.15, -0.1) is 0 Å². The molecule has 12 heteroatoms. The molecule has 2 amide bonds. The number of benzene rings is 3. The van der Waals surface area contributed by atoms with Gasteiger partial charge in [-0.2, -0.15) is 4.31 Å². The lowest BCUT2D eigenvalue weighted by Crippen LogP contribution is -2.63. The molecular formula is C41H53ClFN3O6S. The molecule has 53 heavy (non-hydrogen) atoms. The summed E-state index contributed by atoms with van der Waals surface area (Å²) in [4.78, 5) is 28.8. The molecule has 3 aromatic rings. The lowest BCUT2D eigenvalue weighted by atomic mass is 9.79. The Bertz CT molecular complexity index is 1810. The fraction of sp³-hybridized carbons (Fsp3) is 0.512. The highest BCUT2D eigenvalue weighted by Gasteiger charge is 2.60. The van der Waals surface area contributed by atoms with E-state index < -0.39 is 39.1 Å². The molecule has 3 fully saturated rings. The SMILES string of the molecule is CC.CC(C)(C)OC(=O)N1C[C@H](CCc2c(F)cccc2NC(=O)CC(c2ccc(Cl)cc2)C2CCOCC2)N(S(=O)(=O)c2ccccc2)C2(CC2)C1. The van der Waals surface area contributed by atoms with Crippen LogP contribution in [0.2, 0.25) is 5.02 Å². The van der Waals surface area contributed by atoms with Crippen LogP contribution in [0.25, 0.3) is 0 Å². The van der Waals surface area contributed by atoms with Gasteiger partial charge in [0.2, 0.25) is 15.9 Å². The Labute approximate surface area is 319 Å². The van der Waals surface area contributed by atoms with Crippen LogP contribution in [0, 0.1) is 11.7 Å². The van der Waals surface area contributed by atoms with Gasteiger partial charge >= 0.3 is 6.09 Å². The van der Waals surface area contributed by atoms with Crippen LogP contribution < -0.4 is 5.32 Å². The van der Waals surface area contributed by atoms with Crippen LogP contribution in [0.5, 0.6) is 0 Å². The quantitative estimate of drug-likeness (QED) is 0.221. The zero-order chi connectivity index (χ0) is 38.4. The second-order valence-electron chi connectivity index (χ2n) is 15.0. The first-order chi connectivity index (χ1) is 25.3. The number of rotatable bonds is 10. The minimum absolute atomic E-state index is 0.0734. The summed E-state index contributed by atoms with van der Waals surface area (Å²) in [6.45, 7) is 11.0. The van der Waals surface area contributed by atoms with Crippen LogP contribution in [0.4, 0.5) is 14.9 Å². The Kier molecular flexibility index (Phi) is 13.3. The van der Waals surface area contributed by atoms with E-state index in [2.05, 4.69) is 5.32 Å². The van der Waals surface area contributed by atoms with Crippen molar-refractivity contribution >= 4 is 39.3 Å². The summed E-state index contributed by atoms with van der Waals surface area (Å²) in [7, 11) is -3.96. The number of piperazine rings is 1. The molecule has 2 atom stereocenters. The highest BCUT2D eigenvalue weighted by atomic mass is 35.5. The number of sulfonamides is 1. The Morgan fingerprint density at radius 1 is 1.00 bits per heavy atom. The second kappa shape index (κ2) is 17.3. The summed E-state index contributed by atoms with van der Waals surface area (Å²) in [6.07, 6.45) is 2.89. The van der Waals surface area contributed by atoms with Crippen molar-refractivity contribution in [3.63, 3.8) is 0 Å². The van der Waals surface area contributed by atoms with E-state index in [-0.39, 0.29) is 60.6 Å². The van der Waals surface area contributed by atoms with Crippen molar-refractivity contribution < 1.29 is 31.9 Å². The molecule has 1 aliphatic carbocycles. The maximum atomic E-state index is 15.7. The number of hydrogen-bond donors (Lipinski definition) is 1. The van der Waals surface area contributed by atoms with Gasteiger partial charge in [0.25, 0.3) is 0 Å². The number of amides is 2. The summed E-state index contributed by atoms with van der Waals surface area (Å²) < 4.78 is 57.1. The van der Waals surface area contributed by atoms with Gasteiger partial charge in [0.05, 0.1) is 10.4 Å². The van der Waals surface area contributed by atoms with Gasteiger partial charge in [-0.3, -0.25) is 4.79 Å². The molecule has 1 N–H and O–H groups in total. The minimum Gasteiger partial charge on any atom is -0.444 e. The van der Waals surface area contributed by atoms with Crippen LogP contribution in [-0.2, 0) is 30.7 Å². The summed E-state index contributed by atoms with van der Waals surface area (Å²) in [5.74, 6) is -0.572. The monoisotopic (exact) mass is 769 g/mol. The Hall–Kier alpha value is -3.51. The number of carbonyl (C=O) groups is 2. The van der Waals surface area contributed by atoms with Crippen molar-refractivity contribution in [1.29, 1.82) is 0 Å². The predicted octanol–water partition coefficient (Wildman–Crippen LogP) is 8.82. The summed E-state index contributed by atoms with van der Waals surface area (Å²) >= 11 is 6.17. The van der Waals surface area contributed by atoms with Gasteiger partial charge in [0.1, 0.15) is 11.4 Å². The van der Waals surface area contributed by atoms with E-state index >= 15 is 4.39 Å².